The van der Waals surface area contributed by atoms with Gasteiger partial charge in [0, 0.05) is 25.0 Å². The van der Waals surface area contributed by atoms with Crippen molar-refractivity contribution in [2.45, 2.75) is 19.5 Å². The van der Waals surface area contributed by atoms with Crippen LogP contribution in [0, 0.1) is 6.92 Å². The Balaban J connectivity index is 2.11. The Morgan fingerprint density at radius 2 is 1.86 bits per heavy atom. The average molecular weight is 304 g/mol. The SMILES string of the molecule is Cc1ccc(CNC(CS(C)(=O)=O)c2ccccc2)nc1. The fraction of sp³-hybridized carbons (Fsp3) is 0.312. The zero-order chi connectivity index (χ0) is 15.3. The van der Waals surface area contributed by atoms with Crippen LogP contribution in [0.2, 0.25) is 0 Å². The fourth-order valence-corrected chi connectivity index (χ4v) is 3.01. The number of pyridine rings is 1. The second-order valence-corrected chi connectivity index (χ2v) is 7.45. The van der Waals surface area contributed by atoms with Gasteiger partial charge in [-0.25, -0.2) is 8.42 Å². The quantitative estimate of drug-likeness (QED) is 0.889. The molecule has 1 atom stereocenters. The number of hydrogen-bond acceptors (Lipinski definition) is 4. The van der Waals surface area contributed by atoms with Crippen LogP contribution in [0.15, 0.2) is 48.7 Å². The Kier molecular flexibility index (Phi) is 5.09. The topological polar surface area (TPSA) is 59.1 Å². The zero-order valence-corrected chi connectivity index (χ0v) is 13.1. The smallest absolute Gasteiger partial charge is 0.149 e. The highest BCUT2D eigenvalue weighted by molar-refractivity contribution is 7.90. The summed E-state index contributed by atoms with van der Waals surface area (Å²) in [6.45, 7) is 2.52. The van der Waals surface area contributed by atoms with Crippen molar-refractivity contribution in [2.24, 2.45) is 0 Å². The van der Waals surface area contributed by atoms with Gasteiger partial charge in [0.25, 0.3) is 0 Å². The van der Waals surface area contributed by atoms with Crippen molar-refractivity contribution in [3.63, 3.8) is 0 Å². The largest absolute Gasteiger partial charge is 0.303 e. The molecule has 2 aromatic rings. The van der Waals surface area contributed by atoms with E-state index in [-0.39, 0.29) is 11.8 Å². The molecule has 0 aliphatic heterocycles. The van der Waals surface area contributed by atoms with Gasteiger partial charge in [-0.3, -0.25) is 4.98 Å². The molecule has 0 bridgehead atoms. The van der Waals surface area contributed by atoms with Gasteiger partial charge in [0.2, 0.25) is 0 Å². The summed E-state index contributed by atoms with van der Waals surface area (Å²) in [5.74, 6) is 0.0723. The summed E-state index contributed by atoms with van der Waals surface area (Å²) in [6, 6.07) is 13.3. The molecule has 0 saturated carbocycles. The van der Waals surface area contributed by atoms with Crippen LogP contribution in [0.1, 0.15) is 22.9 Å². The lowest BCUT2D eigenvalue weighted by Gasteiger charge is -2.18. The van der Waals surface area contributed by atoms with E-state index in [0.717, 1.165) is 16.8 Å². The summed E-state index contributed by atoms with van der Waals surface area (Å²) >= 11 is 0. The fourth-order valence-electron chi connectivity index (χ4n) is 2.09. The molecule has 0 radical (unpaired) electrons. The number of rotatable bonds is 6. The van der Waals surface area contributed by atoms with E-state index in [4.69, 9.17) is 0 Å². The second kappa shape index (κ2) is 6.83. The van der Waals surface area contributed by atoms with Crippen LogP contribution in [0.5, 0.6) is 0 Å². The Labute approximate surface area is 126 Å². The van der Waals surface area contributed by atoms with Crippen molar-refractivity contribution in [1.29, 1.82) is 0 Å². The maximum Gasteiger partial charge on any atom is 0.149 e. The van der Waals surface area contributed by atoms with Crippen LogP contribution in [-0.2, 0) is 16.4 Å². The summed E-state index contributed by atoms with van der Waals surface area (Å²) in [5, 5.41) is 3.29. The van der Waals surface area contributed by atoms with Crippen LogP contribution in [-0.4, -0.2) is 25.4 Å². The van der Waals surface area contributed by atoms with E-state index in [1.54, 1.807) is 0 Å². The number of nitrogens with one attached hydrogen (secondary N) is 1. The number of nitrogens with zero attached hydrogens (tertiary/aromatic N) is 1. The minimum atomic E-state index is -3.07. The predicted molar refractivity (Wildman–Crippen MR) is 84.7 cm³/mol. The molecule has 1 aromatic carbocycles. The van der Waals surface area contributed by atoms with Crippen molar-refractivity contribution in [2.75, 3.05) is 12.0 Å². The number of hydrogen-bond donors (Lipinski definition) is 1. The minimum Gasteiger partial charge on any atom is -0.303 e. The van der Waals surface area contributed by atoms with Gasteiger partial charge in [-0.05, 0) is 24.1 Å². The van der Waals surface area contributed by atoms with Gasteiger partial charge < -0.3 is 5.32 Å². The molecule has 0 aliphatic carbocycles. The van der Waals surface area contributed by atoms with Gasteiger partial charge in [-0.2, -0.15) is 0 Å². The van der Waals surface area contributed by atoms with E-state index in [1.807, 2.05) is 55.6 Å². The maximum absolute atomic E-state index is 11.6. The third-order valence-electron chi connectivity index (χ3n) is 3.17. The van der Waals surface area contributed by atoms with E-state index in [1.165, 1.54) is 6.26 Å². The van der Waals surface area contributed by atoms with Gasteiger partial charge in [0.1, 0.15) is 9.84 Å². The Hall–Kier alpha value is -1.72. The molecule has 0 spiro atoms. The number of aromatic nitrogens is 1. The highest BCUT2D eigenvalue weighted by Crippen LogP contribution is 2.15. The van der Waals surface area contributed by atoms with E-state index in [0.29, 0.717) is 6.54 Å². The first-order chi connectivity index (χ1) is 9.94. The molecule has 1 unspecified atom stereocenters. The van der Waals surface area contributed by atoms with Gasteiger partial charge in [-0.1, -0.05) is 36.4 Å². The van der Waals surface area contributed by atoms with Crippen LogP contribution in [0.4, 0.5) is 0 Å². The summed E-state index contributed by atoms with van der Waals surface area (Å²) in [6.07, 6.45) is 3.07. The molecule has 0 amide bonds. The molecule has 0 saturated heterocycles. The molecule has 0 fully saturated rings. The Bertz CT molecular complexity index is 667. The molecular formula is C16H20N2O2S. The Morgan fingerprint density at radius 1 is 1.14 bits per heavy atom. The molecule has 21 heavy (non-hydrogen) atoms. The standard InChI is InChI=1S/C16H20N2O2S/c1-13-8-9-15(17-10-13)11-18-16(12-21(2,19)20)14-6-4-3-5-7-14/h3-10,16,18H,11-12H2,1-2H3. The normalized spacial score (nSPS) is 13.0. The molecular weight excluding hydrogens is 284 g/mol. The predicted octanol–water partition coefficient (Wildman–Crippen LogP) is 2.27. The molecule has 0 aliphatic rings. The summed E-state index contributed by atoms with van der Waals surface area (Å²) in [4.78, 5) is 4.33. The molecule has 1 aromatic heterocycles. The van der Waals surface area contributed by atoms with Crippen LogP contribution >= 0.6 is 0 Å². The lowest BCUT2D eigenvalue weighted by atomic mass is 10.1. The number of aryl methyl sites for hydroxylation is 1. The highest BCUT2D eigenvalue weighted by Gasteiger charge is 2.16. The van der Waals surface area contributed by atoms with Crippen molar-refractivity contribution < 1.29 is 8.42 Å². The van der Waals surface area contributed by atoms with Crippen molar-refractivity contribution >= 4 is 9.84 Å². The first kappa shape index (κ1) is 15.7. The van der Waals surface area contributed by atoms with E-state index >= 15 is 0 Å². The first-order valence-electron chi connectivity index (χ1n) is 6.81. The summed E-state index contributed by atoms with van der Waals surface area (Å²) in [5.41, 5.74) is 2.97. The van der Waals surface area contributed by atoms with Gasteiger partial charge in [-0.15, -0.1) is 0 Å². The van der Waals surface area contributed by atoms with Crippen LogP contribution in [0.3, 0.4) is 0 Å². The number of sulfone groups is 1. The lowest BCUT2D eigenvalue weighted by molar-refractivity contribution is 0.547. The van der Waals surface area contributed by atoms with E-state index in [2.05, 4.69) is 10.3 Å². The Morgan fingerprint density at radius 3 is 2.43 bits per heavy atom. The van der Waals surface area contributed by atoms with Crippen molar-refractivity contribution in [3.8, 4) is 0 Å². The van der Waals surface area contributed by atoms with Crippen molar-refractivity contribution in [3.05, 3.63) is 65.5 Å². The van der Waals surface area contributed by atoms with Crippen LogP contribution < -0.4 is 5.32 Å². The summed E-state index contributed by atoms with van der Waals surface area (Å²) in [7, 11) is -3.07. The van der Waals surface area contributed by atoms with Crippen LogP contribution in [0.25, 0.3) is 0 Å². The monoisotopic (exact) mass is 304 g/mol. The van der Waals surface area contributed by atoms with Gasteiger partial charge in [0.15, 0.2) is 0 Å². The van der Waals surface area contributed by atoms with E-state index < -0.39 is 9.84 Å². The van der Waals surface area contributed by atoms with E-state index in [9.17, 15) is 8.42 Å². The highest BCUT2D eigenvalue weighted by atomic mass is 32.2. The third-order valence-corrected chi connectivity index (χ3v) is 4.11. The van der Waals surface area contributed by atoms with Crippen molar-refractivity contribution in [1.82, 2.24) is 10.3 Å². The molecule has 4 nitrogen and oxygen atoms in total. The molecule has 112 valence electrons. The minimum absolute atomic E-state index is 0.0723. The van der Waals surface area contributed by atoms with Gasteiger partial charge >= 0.3 is 0 Å². The first-order valence-corrected chi connectivity index (χ1v) is 8.88. The average Bonchev–Trinajstić information content (AvgIpc) is 2.45. The number of benzene rings is 1. The molecule has 1 N–H and O–H groups in total. The molecule has 1 heterocycles. The molecule has 5 heteroatoms. The maximum atomic E-state index is 11.6. The second-order valence-electron chi connectivity index (χ2n) is 5.26. The molecule has 2 rings (SSSR count). The third kappa shape index (κ3) is 5.28. The lowest BCUT2D eigenvalue weighted by Crippen LogP contribution is -2.27. The zero-order valence-electron chi connectivity index (χ0n) is 12.3. The van der Waals surface area contributed by atoms with Gasteiger partial charge in [0.05, 0.1) is 11.4 Å². The summed E-state index contributed by atoms with van der Waals surface area (Å²) < 4.78 is 23.2.